The van der Waals surface area contributed by atoms with Gasteiger partial charge in [0.25, 0.3) is 11.8 Å². The average Bonchev–Trinajstić information content (AvgIpc) is 3.25. The van der Waals surface area contributed by atoms with Crippen molar-refractivity contribution in [3.8, 4) is 11.3 Å². The number of benzene rings is 3. The Hall–Kier alpha value is -5.32. The number of carbonyl (C=O) groups excluding carboxylic acids is 2. The summed E-state index contributed by atoms with van der Waals surface area (Å²) in [7, 11) is 0. The maximum atomic E-state index is 14.8. The van der Waals surface area contributed by atoms with E-state index in [9.17, 15) is 22.8 Å². The molecule has 11 heteroatoms. The summed E-state index contributed by atoms with van der Waals surface area (Å²) in [5, 5.41) is 9.19. The lowest BCUT2D eigenvalue weighted by Crippen LogP contribution is -2.43. The second kappa shape index (κ2) is 9.53. The number of fused-ring (bicyclic) bond motifs is 2. The molecule has 0 fully saturated rings. The number of imidazole rings is 1. The summed E-state index contributed by atoms with van der Waals surface area (Å²) in [4.78, 5) is 35.7. The fourth-order valence-electron chi connectivity index (χ4n) is 4.38. The van der Waals surface area contributed by atoms with Crippen molar-refractivity contribution in [3.05, 3.63) is 119 Å². The number of hydrogen-bond donors (Lipinski definition) is 2. The maximum absolute atomic E-state index is 14.8. The first-order valence-electron chi connectivity index (χ1n) is 11.7. The molecular weight excluding hydrogens is 509 g/mol. The normalized spacial score (nSPS) is 14.8. The van der Waals surface area contributed by atoms with E-state index >= 15 is 0 Å². The van der Waals surface area contributed by atoms with Crippen molar-refractivity contribution in [1.29, 1.82) is 0 Å². The lowest BCUT2D eigenvalue weighted by Gasteiger charge is -2.14. The van der Waals surface area contributed by atoms with Crippen LogP contribution in [0.2, 0.25) is 0 Å². The van der Waals surface area contributed by atoms with Crippen LogP contribution in [-0.4, -0.2) is 38.3 Å². The monoisotopic (exact) mass is 526 g/mol. The molecule has 6 rings (SSSR count). The Morgan fingerprint density at radius 1 is 0.897 bits per heavy atom. The molecule has 3 heterocycles. The number of para-hydroxylation sites is 1. The molecule has 192 valence electrons. The molecule has 39 heavy (non-hydrogen) atoms. The average molecular weight is 526 g/mol. The van der Waals surface area contributed by atoms with Gasteiger partial charge in [-0.1, -0.05) is 42.5 Å². The Morgan fingerprint density at radius 2 is 1.72 bits per heavy atom. The molecule has 2 N–H and O–H groups in total. The molecule has 2 amide bonds. The zero-order valence-electron chi connectivity index (χ0n) is 19.9. The number of hydrogen-bond acceptors (Lipinski definition) is 5. The SMILES string of the molecule is O=C(N[C@H]1N=C(c2ccccc2)c2cccc(F)c2NC1=O)c1c(-c2ccc(F)cc2F)nc2cccnn12. The van der Waals surface area contributed by atoms with Gasteiger partial charge in [-0.2, -0.15) is 5.10 Å². The fourth-order valence-corrected chi connectivity index (χ4v) is 4.38. The number of carbonyl (C=O) groups is 2. The minimum atomic E-state index is -1.50. The number of aliphatic imine (C=N–C) groups is 1. The van der Waals surface area contributed by atoms with E-state index in [1.165, 1.54) is 22.8 Å². The smallest absolute Gasteiger partial charge is 0.274 e. The maximum Gasteiger partial charge on any atom is 0.274 e. The van der Waals surface area contributed by atoms with Gasteiger partial charge in [0.15, 0.2) is 11.3 Å². The van der Waals surface area contributed by atoms with Crippen molar-refractivity contribution < 1.29 is 22.8 Å². The second-order valence-corrected chi connectivity index (χ2v) is 8.60. The van der Waals surface area contributed by atoms with Crippen LogP contribution in [0.4, 0.5) is 18.9 Å². The molecule has 0 bridgehead atoms. The quantitative estimate of drug-likeness (QED) is 0.364. The number of halogens is 3. The number of aromatic nitrogens is 3. The van der Waals surface area contributed by atoms with E-state index in [2.05, 4.69) is 25.7 Å². The molecule has 0 unspecified atom stereocenters. The van der Waals surface area contributed by atoms with E-state index in [1.807, 2.05) is 0 Å². The molecule has 0 radical (unpaired) electrons. The van der Waals surface area contributed by atoms with Gasteiger partial charge in [-0.05, 0) is 30.3 Å². The predicted octanol–water partition coefficient (Wildman–Crippen LogP) is 4.36. The van der Waals surface area contributed by atoms with Crippen molar-refractivity contribution in [2.45, 2.75) is 6.17 Å². The third kappa shape index (κ3) is 4.29. The zero-order chi connectivity index (χ0) is 27.1. The summed E-state index contributed by atoms with van der Waals surface area (Å²) >= 11 is 0. The van der Waals surface area contributed by atoms with Crippen LogP contribution < -0.4 is 10.6 Å². The molecule has 0 saturated carbocycles. The van der Waals surface area contributed by atoms with E-state index in [1.54, 1.807) is 48.5 Å². The Kier molecular flexibility index (Phi) is 5.87. The molecule has 1 aliphatic heterocycles. The summed E-state index contributed by atoms with van der Waals surface area (Å²) in [5.74, 6) is -4.06. The summed E-state index contributed by atoms with van der Waals surface area (Å²) < 4.78 is 44.3. The topological polar surface area (TPSA) is 101 Å². The van der Waals surface area contributed by atoms with Crippen molar-refractivity contribution in [1.82, 2.24) is 19.9 Å². The molecule has 1 aliphatic rings. The zero-order valence-corrected chi connectivity index (χ0v) is 19.9. The number of nitrogens with one attached hydrogen (secondary N) is 2. The van der Waals surface area contributed by atoms with Crippen LogP contribution in [0.5, 0.6) is 0 Å². The van der Waals surface area contributed by atoms with Gasteiger partial charge in [-0.15, -0.1) is 0 Å². The van der Waals surface area contributed by atoms with Crippen LogP contribution in [0.25, 0.3) is 16.9 Å². The van der Waals surface area contributed by atoms with E-state index in [4.69, 9.17) is 0 Å². The van der Waals surface area contributed by atoms with Gasteiger partial charge in [-0.25, -0.2) is 27.7 Å². The minimum absolute atomic E-state index is 0.0765. The number of anilines is 1. The van der Waals surface area contributed by atoms with Crippen LogP contribution in [0.15, 0.2) is 90.1 Å². The Morgan fingerprint density at radius 3 is 2.51 bits per heavy atom. The molecule has 0 saturated heterocycles. The lowest BCUT2D eigenvalue weighted by atomic mass is 10.0. The van der Waals surface area contributed by atoms with Gasteiger partial charge in [0.1, 0.15) is 23.1 Å². The molecule has 8 nitrogen and oxygen atoms in total. The Labute approximate surface area is 218 Å². The number of benzodiazepines with no additional fused rings is 1. The first kappa shape index (κ1) is 24.0. The van der Waals surface area contributed by atoms with Gasteiger partial charge in [-0.3, -0.25) is 9.59 Å². The molecule has 3 aromatic carbocycles. The van der Waals surface area contributed by atoms with Crippen LogP contribution in [0.1, 0.15) is 21.6 Å². The van der Waals surface area contributed by atoms with Crippen molar-refractivity contribution in [3.63, 3.8) is 0 Å². The lowest BCUT2D eigenvalue weighted by molar-refractivity contribution is -0.117. The van der Waals surface area contributed by atoms with E-state index in [-0.39, 0.29) is 34.0 Å². The summed E-state index contributed by atoms with van der Waals surface area (Å²) in [6.07, 6.45) is -0.0978. The van der Waals surface area contributed by atoms with Crippen molar-refractivity contribution >= 4 is 28.9 Å². The second-order valence-electron chi connectivity index (χ2n) is 8.60. The highest BCUT2D eigenvalue weighted by Gasteiger charge is 2.31. The molecule has 5 aromatic rings. The summed E-state index contributed by atoms with van der Waals surface area (Å²) in [6.45, 7) is 0. The molecule has 0 aliphatic carbocycles. The van der Waals surface area contributed by atoms with Crippen LogP contribution in [-0.2, 0) is 4.79 Å². The third-order valence-electron chi connectivity index (χ3n) is 6.13. The van der Waals surface area contributed by atoms with E-state index in [0.717, 1.165) is 12.1 Å². The molecule has 0 spiro atoms. The minimum Gasteiger partial charge on any atom is -0.321 e. The van der Waals surface area contributed by atoms with Gasteiger partial charge in [0, 0.05) is 29.0 Å². The Bertz CT molecular complexity index is 1800. The standard InChI is InChI=1S/C28H17F3N6O2/c29-16-11-12-17(20(31)14-16)24-25(37-21(33-24)10-5-13-32-37)27(38)36-26-28(39)35-23-18(8-4-9-19(23)30)22(34-26)15-6-2-1-3-7-15/h1-14,26H,(H,35,39)(H,36,38)/t26-/m1/s1. The first-order valence-corrected chi connectivity index (χ1v) is 11.7. The van der Waals surface area contributed by atoms with Gasteiger partial charge in [0.2, 0.25) is 6.17 Å². The summed E-state index contributed by atoms with van der Waals surface area (Å²) in [6, 6.07) is 19.1. The fraction of sp³-hybridized carbons (Fsp3) is 0.0357. The van der Waals surface area contributed by atoms with E-state index < -0.39 is 35.4 Å². The van der Waals surface area contributed by atoms with Crippen LogP contribution in [0, 0.1) is 17.5 Å². The number of amides is 2. The van der Waals surface area contributed by atoms with E-state index in [0.29, 0.717) is 17.2 Å². The Balaban J connectivity index is 1.46. The van der Waals surface area contributed by atoms with Gasteiger partial charge >= 0.3 is 0 Å². The highest BCUT2D eigenvalue weighted by molar-refractivity contribution is 6.20. The molecule has 1 atom stereocenters. The van der Waals surface area contributed by atoms with Crippen molar-refractivity contribution in [2.24, 2.45) is 4.99 Å². The predicted molar refractivity (Wildman–Crippen MR) is 137 cm³/mol. The number of rotatable bonds is 4. The van der Waals surface area contributed by atoms with Crippen LogP contribution >= 0.6 is 0 Å². The van der Waals surface area contributed by atoms with Crippen LogP contribution in [0.3, 0.4) is 0 Å². The highest BCUT2D eigenvalue weighted by atomic mass is 19.1. The van der Waals surface area contributed by atoms with Gasteiger partial charge in [0.05, 0.1) is 11.4 Å². The van der Waals surface area contributed by atoms with Crippen molar-refractivity contribution in [2.75, 3.05) is 5.32 Å². The summed E-state index contributed by atoms with van der Waals surface area (Å²) in [5.41, 5.74) is 0.882. The first-order chi connectivity index (χ1) is 18.9. The highest BCUT2D eigenvalue weighted by Crippen LogP contribution is 2.29. The van der Waals surface area contributed by atoms with Gasteiger partial charge < -0.3 is 10.6 Å². The molecule has 2 aromatic heterocycles. The number of nitrogens with zero attached hydrogens (tertiary/aromatic N) is 4. The third-order valence-corrected chi connectivity index (χ3v) is 6.13. The largest absolute Gasteiger partial charge is 0.321 e. The molecular formula is C28H17F3N6O2.